The molecule has 0 fully saturated rings. The standard InChI is InChI=1S/C25H28F3N3O4/c1-3-7-20-18(16-31(30-20)22-12-11-19(15-29-22)25(26,27)28)9-6-13-35-24-17(14-23(32)33)8-5-10-21(24)34-4-2/h5,8,10-12,15-16H,3-4,6-7,9,13-14H2,1-2H3,(H,32,33). The number of alkyl halides is 3. The Bertz CT molecular complexity index is 1130. The molecule has 7 nitrogen and oxygen atoms in total. The number of pyridine rings is 1. The van der Waals surface area contributed by atoms with E-state index < -0.39 is 17.7 Å². The van der Waals surface area contributed by atoms with Crippen LogP contribution in [0.5, 0.6) is 11.5 Å². The van der Waals surface area contributed by atoms with Crippen molar-refractivity contribution in [1.29, 1.82) is 0 Å². The number of halogens is 3. The average molecular weight is 492 g/mol. The van der Waals surface area contributed by atoms with Crippen LogP contribution in [-0.2, 0) is 30.2 Å². The number of hydrogen-bond acceptors (Lipinski definition) is 5. The van der Waals surface area contributed by atoms with E-state index in [4.69, 9.17) is 9.47 Å². The second kappa shape index (κ2) is 11.7. The Balaban J connectivity index is 1.70. The summed E-state index contributed by atoms with van der Waals surface area (Å²) in [5.41, 5.74) is 1.54. The van der Waals surface area contributed by atoms with Crippen LogP contribution in [0.25, 0.3) is 5.82 Å². The van der Waals surface area contributed by atoms with Crippen LogP contribution in [0.1, 0.15) is 49.1 Å². The normalized spacial score (nSPS) is 11.5. The molecule has 3 aromatic rings. The maximum absolute atomic E-state index is 12.8. The first-order chi connectivity index (χ1) is 16.7. The van der Waals surface area contributed by atoms with Crippen LogP contribution in [-0.4, -0.2) is 39.1 Å². The van der Waals surface area contributed by atoms with Gasteiger partial charge >= 0.3 is 12.1 Å². The molecule has 0 radical (unpaired) electrons. The zero-order valence-electron chi connectivity index (χ0n) is 19.6. The highest BCUT2D eigenvalue weighted by atomic mass is 19.4. The minimum absolute atomic E-state index is 0.177. The van der Waals surface area contributed by atoms with Gasteiger partial charge in [0.2, 0.25) is 0 Å². The van der Waals surface area contributed by atoms with E-state index in [0.29, 0.717) is 48.9 Å². The zero-order valence-corrected chi connectivity index (χ0v) is 19.6. The molecule has 0 atom stereocenters. The lowest BCUT2D eigenvalue weighted by atomic mass is 10.1. The van der Waals surface area contributed by atoms with Gasteiger partial charge in [0.1, 0.15) is 0 Å². The van der Waals surface area contributed by atoms with E-state index in [-0.39, 0.29) is 6.42 Å². The van der Waals surface area contributed by atoms with Crippen molar-refractivity contribution in [2.45, 2.75) is 52.1 Å². The number of ether oxygens (including phenoxy) is 2. The summed E-state index contributed by atoms with van der Waals surface area (Å²) in [6.07, 6.45) is 0.792. The van der Waals surface area contributed by atoms with Crippen molar-refractivity contribution >= 4 is 5.97 Å². The predicted molar refractivity (Wildman–Crippen MR) is 123 cm³/mol. The van der Waals surface area contributed by atoms with Crippen LogP contribution < -0.4 is 9.47 Å². The van der Waals surface area contributed by atoms with Crippen LogP contribution in [0.3, 0.4) is 0 Å². The molecule has 188 valence electrons. The Morgan fingerprint density at radius 1 is 1.09 bits per heavy atom. The molecule has 0 aliphatic heterocycles. The summed E-state index contributed by atoms with van der Waals surface area (Å²) in [5, 5.41) is 13.7. The monoisotopic (exact) mass is 491 g/mol. The van der Waals surface area contributed by atoms with Crippen molar-refractivity contribution in [3.8, 4) is 17.3 Å². The third kappa shape index (κ3) is 6.97. The molecule has 1 N–H and O–H groups in total. The third-order valence-electron chi connectivity index (χ3n) is 5.21. The van der Waals surface area contributed by atoms with E-state index in [0.717, 1.165) is 36.4 Å². The Hall–Kier alpha value is -3.56. The van der Waals surface area contributed by atoms with Crippen LogP contribution >= 0.6 is 0 Å². The largest absolute Gasteiger partial charge is 0.490 e. The van der Waals surface area contributed by atoms with Gasteiger partial charge < -0.3 is 14.6 Å². The summed E-state index contributed by atoms with van der Waals surface area (Å²) in [6, 6.07) is 7.46. The number of aryl methyl sites for hydroxylation is 2. The number of para-hydroxylation sites is 1. The highest BCUT2D eigenvalue weighted by Gasteiger charge is 2.30. The number of carbonyl (C=O) groups is 1. The van der Waals surface area contributed by atoms with Crippen molar-refractivity contribution in [2.24, 2.45) is 0 Å². The molecule has 2 aromatic heterocycles. The van der Waals surface area contributed by atoms with Gasteiger partial charge in [-0.2, -0.15) is 18.3 Å². The van der Waals surface area contributed by atoms with Crippen LogP contribution in [0.2, 0.25) is 0 Å². The van der Waals surface area contributed by atoms with Gasteiger partial charge in [-0.25, -0.2) is 9.67 Å². The Labute approximate surface area is 201 Å². The van der Waals surface area contributed by atoms with Gasteiger partial charge in [-0.15, -0.1) is 0 Å². The van der Waals surface area contributed by atoms with Crippen molar-refractivity contribution < 1.29 is 32.5 Å². The molecular formula is C25H28F3N3O4. The molecule has 1 aromatic carbocycles. The summed E-state index contributed by atoms with van der Waals surface area (Å²) in [7, 11) is 0. The average Bonchev–Trinajstić information content (AvgIpc) is 3.20. The Kier molecular flexibility index (Phi) is 8.73. The lowest BCUT2D eigenvalue weighted by molar-refractivity contribution is -0.138. The number of rotatable bonds is 12. The van der Waals surface area contributed by atoms with E-state index in [9.17, 15) is 23.1 Å². The number of hydrogen-bond donors (Lipinski definition) is 1. The Morgan fingerprint density at radius 3 is 2.51 bits per heavy atom. The molecule has 0 saturated heterocycles. The third-order valence-corrected chi connectivity index (χ3v) is 5.21. The van der Waals surface area contributed by atoms with Gasteiger partial charge in [-0.05, 0) is 49.9 Å². The molecular weight excluding hydrogens is 463 g/mol. The van der Waals surface area contributed by atoms with Gasteiger partial charge in [0.05, 0.1) is 30.9 Å². The highest BCUT2D eigenvalue weighted by molar-refractivity contribution is 5.72. The highest BCUT2D eigenvalue weighted by Crippen LogP contribution is 2.32. The van der Waals surface area contributed by atoms with Gasteiger partial charge in [0, 0.05) is 18.0 Å². The van der Waals surface area contributed by atoms with Crippen molar-refractivity contribution in [2.75, 3.05) is 13.2 Å². The quantitative estimate of drug-likeness (QED) is 0.347. The fourth-order valence-corrected chi connectivity index (χ4v) is 3.64. The molecule has 0 bridgehead atoms. The van der Waals surface area contributed by atoms with Crippen molar-refractivity contribution in [3.05, 3.63) is 65.1 Å². The SMILES string of the molecule is CCCc1nn(-c2ccc(C(F)(F)F)cn2)cc1CCCOc1c(CC(=O)O)cccc1OCC. The summed E-state index contributed by atoms with van der Waals surface area (Å²) in [6.45, 7) is 4.61. The predicted octanol–water partition coefficient (Wildman–Crippen LogP) is 5.28. The molecule has 10 heteroatoms. The smallest absolute Gasteiger partial charge is 0.417 e. The maximum atomic E-state index is 12.8. The number of nitrogens with zero attached hydrogens (tertiary/aromatic N) is 3. The van der Waals surface area contributed by atoms with Crippen molar-refractivity contribution in [3.63, 3.8) is 0 Å². The Morgan fingerprint density at radius 2 is 1.89 bits per heavy atom. The molecule has 2 heterocycles. The summed E-state index contributed by atoms with van der Waals surface area (Å²) >= 11 is 0. The number of carboxylic acid groups (broad SMARTS) is 1. The van der Waals surface area contributed by atoms with Crippen molar-refractivity contribution in [1.82, 2.24) is 14.8 Å². The molecule has 0 saturated carbocycles. The van der Waals surface area contributed by atoms with E-state index in [1.807, 2.05) is 13.8 Å². The van der Waals surface area contributed by atoms with Gasteiger partial charge in [0.25, 0.3) is 0 Å². The first-order valence-corrected chi connectivity index (χ1v) is 11.4. The van der Waals surface area contributed by atoms with Gasteiger partial charge in [-0.3, -0.25) is 4.79 Å². The summed E-state index contributed by atoms with van der Waals surface area (Å²) < 4.78 is 51.5. The molecule has 0 spiro atoms. The van der Waals surface area contributed by atoms with E-state index >= 15 is 0 Å². The number of aromatic nitrogens is 3. The number of benzene rings is 1. The fourth-order valence-electron chi connectivity index (χ4n) is 3.64. The minimum atomic E-state index is -4.45. The first-order valence-electron chi connectivity index (χ1n) is 11.4. The minimum Gasteiger partial charge on any atom is -0.490 e. The lowest BCUT2D eigenvalue weighted by Gasteiger charge is -2.15. The fraction of sp³-hybridized carbons (Fsp3) is 0.400. The number of aliphatic carboxylic acids is 1. The topological polar surface area (TPSA) is 86.5 Å². The number of carboxylic acids is 1. The van der Waals surface area contributed by atoms with E-state index in [1.54, 1.807) is 24.4 Å². The first kappa shape index (κ1) is 26.1. The molecule has 0 aliphatic carbocycles. The van der Waals surface area contributed by atoms with Crippen LogP contribution in [0.4, 0.5) is 13.2 Å². The van der Waals surface area contributed by atoms with Gasteiger partial charge in [-0.1, -0.05) is 25.5 Å². The molecule has 3 rings (SSSR count). The molecule has 35 heavy (non-hydrogen) atoms. The molecule has 0 unspecified atom stereocenters. The maximum Gasteiger partial charge on any atom is 0.417 e. The second-order valence-corrected chi connectivity index (χ2v) is 7.90. The molecule has 0 amide bonds. The second-order valence-electron chi connectivity index (χ2n) is 7.90. The van der Waals surface area contributed by atoms with E-state index in [1.165, 1.54) is 10.7 Å². The van der Waals surface area contributed by atoms with Gasteiger partial charge in [0.15, 0.2) is 17.3 Å². The van der Waals surface area contributed by atoms with Crippen LogP contribution in [0, 0.1) is 0 Å². The van der Waals surface area contributed by atoms with Crippen LogP contribution in [0.15, 0.2) is 42.7 Å². The van der Waals surface area contributed by atoms with E-state index in [2.05, 4.69) is 10.1 Å². The summed E-state index contributed by atoms with van der Waals surface area (Å²) in [5.74, 6) is 0.271. The summed E-state index contributed by atoms with van der Waals surface area (Å²) in [4.78, 5) is 15.1. The lowest BCUT2D eigenvalue weighted by Crippen LogP contribution is -2.08. The zero-order chi connectivity index (χ0) is 25.4. The molecule has 0 aliphatic rings.